The molecule has 0 saturated carbocycles. The van der Waals surface area contributed by atoms with Gasteiger partial charge in [0.15, 0.2) is 28.5 Å². The highest BCUT2D eigenvalue weighted by Gasteiger charge is 2.61. The van der Waals surface area contributed by atoms with Gasteiger partial charge in [-0.05, 0) is 68.6 Å². The number of carbonyl (C=O) groups is 2. The van der Waals surface area contributed by atoms with Gasteiger partial charge in [-0.15, -0.1) is 11.8 Å². The van der Waals surface area contributed by atoms with Crippen LogP contribution in [0.15, 0.2) is 24.3 Å². The van der Waals surface area contributed by atoms with Gasteiger partial charge in [-0.1, -0.05) is 6.07 Å². The molecule has 1 aromatic heterocycles. The van der Waals surface area contributed by atoms with E-state index in [1.807, 2.05) is 50.1 Å². The summed E-state index contributed by atoms with van der Waals surface area (Å²) >= 11 is 1.53. The first kappa shape index (κ1) is 35.7. The van der Waals surface area contributed by atoms with E-state index in [4.69, 9.17) is 28.4 Å². The van der Waals surface area contributed by atoms with Crippen LogP contribution in [0, 0.1) is 13.8 Å². The molecule has 0 amide bonds. The number of aromatic nitrogens is 1. The number of ether oxygens (including phenoxy) is 6. The standard InChI is InChI=1S/C41H44N4O10S/c1-17-11-20-12-25-39(48)45-26-14-52-40(49)41(38-22(9-10-42-41)23-13-21(50-5)7-8-24(23)43-38)15-56-37(31(45)30(44(25)4)27(20)32(47)33(17)51-6)29-28(26)36-35(53-16-54-36)18(2)34(29)55-19(3)46/h7-8,11,13,25-26,30-31,37,39,42-43,47-48H,9-10,12,14-16H2,1-6H3/t25-,26+,30+,31+,37+,39-,41+/m0/s1. The summed E-state index contributed by atoms with van der Waals surface area (Å²) in [6.07, 6.45) is 0.129. The van der Waals surface area contributed by atoms with Crippen molar-refractivity contribution in [2.75, 3.05) is 47.0 Å². The van der Waals surface area contributed by atoms with Crippen molar-refractivity contribution in [3.05, 3.63) is 68.9 Å². The molecule has 1 spiro atoms. The summed E-state index contributed by atoms with van der Waals surface area (Å²) in [5.41, 5.74) is 5.79. The Labute approximate surface area is 327 Å². The van der Waals surface area contributed by atoms with Crippen LogP contribution in [-0.4, -0.2) is 102 Å². The molecule has 7 atom stereocenters. The Kier molecular flexibility index (Phi) is 8.08. The van der Waals surface area contributed by atoms with Crippen molar-refractivity contribution in [2.24, 2.45) is 0 Å². The molecule has 2 saturated heterocycles. The third-order valence-electron chi connectivity index (χ3n) is 12.9. The molecule has 4 bridgehead atoms. The van der Waals surface area contributed by atoms with E-state index in [0.29, 0.717) is 59.1 Å². The summed E-state index contributed by atoms with van der Waals surface area (Å²) in [5.74, 6) is 1.73. The number of phenols is 1. The number of nitrogens with zero attached hydrogens (tertiary/aromatic N) is 2. The molecule has 56 heavy (non-hydrogen) atoms. The van der Waals surface area contributed by atoms with E-state index >= 15 is 0 Å². The average molecular weight is 785 g/mol. The second kappa shape index (κ2) is 12.7. The lowest BCUT2D eigenvalue weighted by molar-refractivity contribution is -0.186. The normalized spacial score (nSPS) is 28.9. The number of aromatic amines is 1. The number of esters is 2. The van der Waals surface area contributed by atoms with Gasteiger partial charge in [-0.3, -0.25) is 19.9 Å². The predicted octanol–water partition coefficient (Wildman–Crippen LogP) is 4.19. The van der Waals surface area contributed by atoms with Crippen molar-refractivity contribution in [1.82, 2.24) is 20.1 Å². The van der Waals surface area contributed by atoms with Crippen molar-refractivity contribution >= 4 is 34.6 Å². The fourth-order valence-electron chi connectivity index (χ4n) is 10.6. The number of piperazine rings is 1. The molecule has 2 fully saturated rings. The van der Waals surface area contributed by atoms with Crippen LogP contribution in [-0.2, 0) is 32.7 Å². The van der Waals surface area contributed by atoms with Crippen molar-refractivity contribution < 1.29 is 48.2 Å². The van der Waals surface area contributed by atoms with Gasteiger partial charge in [0.05, 0.1) is 43.3 Å². The Balaban J connectivity index is 1.23. The number of methoxy groups -OCH3 is 2. The second-order valence-electron chi connectivity index (χ2n) is 15.6. The molecular weight excluding hydrogens is 741 g/mol. The maximum Gasteiger partial charge on any atom is 0.333 e. The minimum absolute atomic E-state index is 0.0439. The number of hydrogen-bond donors (Lipinski definition) is 4. The third-order valence-corrected chi connectivity index (χ3v) is 14.4. The molecule has 7 aliphatic rings. The number of rotatable bonds is 3. The Bertz CT molecular complexity index is 2360. The molecule has 3 aromatic carbocycles. The van der Waals surface area contributed by atoms with Crippen molar-refractivity contribution in [2.45, 2.75) is 74.8 Å². The number of aromatic hydroxyl groups is 1. The first-order valence-corrected chi connectivity index (χ1v) is 20.0. The zero-order chi connectivity index (χ0) is 38.9. The van der Waals surface area contributed by atoms with Gasteiger partial charge >= 0.3 is 11.9 Å². The summed E-state index contributed by atoms with van der Waals surface area (Å²) < 4.78 is 36.2. The fraction of sp³-hybridized carbons (Fsp3) is 0.463. The monoisotopic (exact) mass is 784 g/mol. The van der Waals surface area contributed by atoms with Gasteiger partial charge in [0.25, 0.3) is 0 Å². The molecule has 294 valence electrons. The van der Waals surface area contributed by atoms with Gasteiger partial charge in [0.2, 0.25) is 6.79 Å². The van der Waals surface area contributed by atoms with Crippen molar-refractivity contribution in [3.8, 4) is 34.5 Å². The Hall–Kier alpha value is -4.67. The minimum atomic E-state index is -1.28. The molecule has 0 radical (unpaired) electrons. The van der Waals surface area contributed by atoms with Crippen LogP contribution in [0.1, 0.15) is 68.9 Å². The first-order chi connectivity index (χ1) is 27.0. The van der Waals surface area contributed by atoms with Crippen LogP contribution in [0.2, 0.25) is 0 Å². The average Bonchev–Trinajstić information content (AvgIpc) is 3.82. The molecule has 14 nitrogen and oxygen atoms in total. The summed E-state index contributed by atoms with van der Waals surface area (Å²) in [5, 5.41) is 28.7. The number of carbonyl (C=O) groups excluding carboxylic acids is 2. The van der Waals surface area contributed by atoms with E-state index in [-0.39, 0.29) is 30.9 Å². The maximum absolute atomic E-state index is 14.9. The van der Waals surface area contributed by atoms with Crippen LogP contribution in [0.4, 0.5) is 0 Å². The van der Waals surface area contributed by atoms with Crippen LogP contribution in [0.5, 0.6) is 34.5 Å². The summed E-state index contributed by atoms with van der Waals surface area (Å²) in [6.45, 7) is 5.46. The molecule has 15 heteroatoms. The van der Waals surface area contributed by atoms with Gasteiger partial charge in [-0.25, -0.2) is 4.79 Å². The van der Waals surface area contributed by atoms with E-state index in [2.05, 4.69) is 15.2 Å². The highest BCUT2D eigenvalue weighted by molar-refractivity contribution is 7.99. The maximum atomic E-state index is 14.9. The van der Waals surface area contributed by atoms with Crippen LogP contribution < -0.4 is 29.0 Å². The molecular formula is C41H44N4O10S. The molecule has 11 rings (SSSR count). The number of benzene rings is 3. The first-order valence-electron chi connectivity index (χ1n) is 18.9. The number of likely N-dealkylation sites (N-methyl/N-ethyl adjacent to an activating group) is 1. The van der Waals surface area contributed by atoms with Crippen molar-refractivity contribution in [3.63, 3.8) is 0 Å². The number of thioether (sulfide) groups is 1. The Morgan fingerprint density at radius 1 is 1.05 bits per heavy atom. The number of aliphatic hydroxyl groups excluding tert-OH is 1. The quantitative estimate of drug-likeness (QED) is 0.173. The second-order valence-corrected chi connectivity index (χ2v) is 16.8. The fourth-order valence-corrected chi connectivity index (χ4v) is 12.2. The number of aliphatic hydroxyl groups is 1. The zero-order valence-electron chi connectivity index (χ0n) is 32.0. The zero-order valence-corrected chi connectivity index (χ0v) is 32.8. The largest absolute Gasteiger partial charge is 0.504 e. The summed E-state index contributed by atoms with van der Waals surface area (Å²) in [4.78, 5) is 35.6. The van der Waals surface area contributed by atoms with Gasteiger partial charge in [0, 0.05) is 58.4 Å². The van der Waals surface area contributed by atoms with Crippen molar-refractivity contribution in [1.29, 1.82) is 0 Å². The number of phenolic OH excluding ortho intramolecular Hbond substituents is 1. The number of fused-ring (bicyclic) bond motifs is 11. The number of H-pyrrole nitrogens is 1. The molecule has 0 unspecified atom stereocenters. The molecule has 8 heterocycles. The SMILES string of the molecule is COc1ccc2[nH]c3c(c2c1)CCN[C@]31CS[C@@H]2c3c(OC(C)=O)c(C)c4c(c3[C@@H](COC1=O)N1[C@@H]2[C@H]2c3c(cc(C)c(OC)c3O)C[C@@H]([C@@H]1O)N2C)OCO4. The number of hydrogen-bond acceptors (Lipinski definition) is 14. The van der Waals surface area contributed by atoms with E-state index < -0.39 is 47.1 Å². The number of aryl methyl sites for hydroxylation is 1. The van der Waals surface area contributed by atoms with E-state index in [1.54, 1.807) is 14.2 Å². The lowest BCUT2D eigenvalue weighted by Gasteiger charge is -2.62. The molecule has 0 aliphatic carbocycles. The smallest absolute Gasteiger partial charge is 0.333 e. The third kappa shape index (κ3) is 4.71. The van der Waals surface area contributed by atoms with Crippen LogP contribution in [0.25, 0.3) is 10.9 Å². The molecule has 7 aliphatic heterocycles. The lowest BCUT2D eigenvalue weighted by atomic mass is 9.73. The number of nitrogens with one attached hydrogen (secondary N) is 2. The molecule has 4 aromatic rings. The van der Waals surface area contributed by atoms with Gasteiger partial charge in [0.1, 0.15) is 24.3 Å². The topological polar surface area (TPSA) is 164 Å². The van der Waals surface area contributed by atoms with E-state index in [0.717, 1.165) is 44.6 Å². The summed E-state index contributed by atoms with van der Waals surface area (Å²) in [6, 6.07) is 5.77. The van der Waals surface area contributed by atoms with Crippen LogP contribution >= 0.6 is 11.8 Å². The van der Waals surface area contributed by atoms with E-state index in [9.17, 15) is 19.8 Å². The van der Waals surface area contributed by atoms with Gasteiger partial charge in [-0.2, -0.15) is 0 Å². The van der Waals surface area contributed by atoms with Gasteiger partial charge < -0.3 is 43.6 Å². The van der Waals surface area contributed by atoms with E-state index in [1.165, 1.54) is 18.7 Å². The summed E-state index contributed by atoms with van der Waals surface area (Å²) in [7, 11) is 5.17. The Morgan fingerprint density at radius 3 is 2.62 bits per heavy atom. The minimum Gasteiger partial charge on any atom is -0.504 e. The van der Waals surface area contributed by atoms with Crippen LogP contribution in [0.3, 0.4) is 0 Å². The molecule has 4 N–H and O–H groups in total. The predicted molar refractivity (Wildman–Crippen MR) is 205 cm³/mol. The Morgan fingerprint density at radius 2 is 1.86 bits per heavy atom. The highest BCUT2D eigenvalue weighted by atomic mass is 32.2. The lowest BCUT2D eigenvalue weighted by Crippen LogP contribution is -2.70. The highest BCUT2D eigenvalue weighted by Crippen LogP contribution is 2.64.